The Hall–Kier alpha value is -1.75. The lowest BCUT2D eigenvalue weighted by Crippen LogP contribution is -2.20. The van der Waals surface area contributed by atoms with Crippen molar-refractivity contribution in [3.8, 4) is 11.5 Å². The number of carboxylic acid groups (broad SMARTS) is 1. The first kappa shape index (κ1) is 10.3. The van der Waals surface area contributed by atoms with E-state index in [2.05, 4.69) is 0 Å². The quantitative estimate of drug-likeness (QED) is 0.655. The van der Waals surface area contributed by atoms with Gasteiger partial charge < -0.3 is 20.7 Å². The lowest BCUT2D eigenvalue weighted by atomic mass is 10.1. The van der Waals surface area contributed by atoms with E-state index < -0.39 is 12.0 Å². The molecule has 1 aromatic carbocycles. The van der Waals surface area contributed by atoms with E-state index in [0.717, 1.165) is 0 Å². The van der Waals surface area contributed by atoms with Gasteiger partial charge in [-0.05, 0) is 6.07 Å². The normalized spacial score (nSPS) is 12.1. The molecule has 0 aliphatic rings. The summed E-state index contributed by atoms with van der Waals surface area (Å²) in [5, 5.41) is 18.2. The van der Waals surface area contributed by atoms with Crippen LogP contribution in [0.25, 0.3) is 0 Å². The van der Waals surface area contributed by atoms with Gasteiger partial charge >= 0.3 is 5.97 Å². The van der Waals surface area contributed by atoms with Crippen LogP contribution in [0.3, 0.4) is 0 Å². The third-order valence-corrected chi connectivity index (χ3v) is 1.85. The Balaban J connectivity index is 3.15. The van der Waals surface area contributed by atoms with Gasteiger partial charge in [-0.25, -0.2) is 0 Å². The van der Waals surface area contributed by atoms with Gasteiger partial charge in [-0.1, -0.05) is 12.1 Å². The first-order chi connectivity index (χ1) is 6.57. The monoisotopic (exact) mass is 197 g/mol. The minimum absolute atomic E-state index is 0.136. The third-order valence-electron chi connectivity index (χ3n) is 1.85. The summed E-state index contributed by atoms with van der Waals surface area (Å²) in [7, 11) is 1.38. The summed E-state index contributed by atoms with van der Waals surface area (Å²) < 4.78 is 4.82. The molecule has 0 amide bonds. The van der Waals surface area contributed by atoms with Crippen molar-refractivity contribution >= 4 is 5.97 Å². The molecular weight excluding hydrogens is 186 g/mol. The predicted octanol–water partition coefficient (Wildman–Crippen LogP) is 0.485. The molecule has 5 heteroatoms. The Morgan fingerprint density at radius 2 is 2.21 bits per heavy atom. The van der Waals surface area contributed by atoms with Gasteiger partial charge in [0.25, 0.3) is 0 Å². The topological polar surface area (TPSA) is 92.8 Å². The Kier molecular flexibility index (Phi) is 2.93. The number of hydrogen-bond donors (Lipinski definition) is 3. The van der Waals surface area contributed by atoms with E-state index >= 15 is 0 Å². The Labute approximate surface area is 80.7 Å². The summed E-state index contributed by atoms with van der Waals surface area (Å²) in [6.07, 6.45) is 0. The number of aliphatic carboxylic acids is 1. The van der Waals surface area contributed by atoms with Gasteiger partial charge in [-0.15, -0.1) is 0 Å². The minimum Gasteiger partial charge on any atom is -0.504 e. The summed E-state index contributed by atoms with van der Waals surface area (Å²) in [5.41, 5.74) is 5.48. The second kappa shape index (κ2) is 3.97. The van der Waals surface area contributed by atoms with Crippen molar-refractivity contribution in [3.63, 3.8) is 0 Å². The zero-order valence-corrected chi connectivity index (χ0v) is 7.60. The number of carbonyl (C=O) groups is 1. The Morgan fingerprint density at radius 1 is 1.57 bits per heavy atom. The van der Waals surface area contributed by atoms with Crippen molar-refractivity contribution in [2.75, 3.05) is 7.11 Å². The number of phenolic OH excluding ortho intramolecular Hbond substituents is 1. The molecule has 0 bridgehead atoms. The summed E-state index contributed by atoms with van der Waals surface area (Å²) in [5.74, 6) is -1.22. The average Bonchev–Trinajstić information content (AvgIpc) is 2.17. The van der Waals surface area contributed by atoms with Gasteiger partial charge in [0.15, 0.2) is 11.5 Å². The van der Waals surface area contributed by atoms with E-state index in [0.29, 0.717) is 0 Å². The second-order valence-electron chi connectivity index (χ2n) is 2.71. The summed E-state index contributed by atoms with van der Waals surface area (Å²) >= 11 is 0. The molecule has 0 unspecified atom stereocenters. The standard InChI is InChI=1S/C9H11NO4/c1-14-6-4-2-3-5(8(6)11)7(10)9(12)13/h2-4,7,11H,10H2,1H3,(H,12,13)/t7-/m1/s1. The molecule has 0 heterocycles. The Bertz CT molecular complexity index is 351. The molecule has 0 aliphatic carbocycles. The average molecular weight is 197 g/mol. The van der Waals surface area contributed by atoms with Gasteiger partial charge in [0.1, 0.15) is 6.04 Å². The highest BCUT2D eigenvalue weighted by atomic mass is 16.5. The highest BCUT2D eigenvalue weighted by Gasteiger charge is 2.19. The van der Waals surface area contributed by atoms with E-state index in [1.54, 1.807) is 6.07 Å². The van der Waals surface area contributed by atoms with Crippen LogP contribution in [0.4, 0.5) is 0 Å². The fraction of sp³-hybridized carbons (Fsp3) is 0.222. The largest absolute Gasteiger partial charge is 0.504 e. The first-order valence-corrected chi connectivity index (χ1v) is 3.92. The van der Waals surface area contributed by atoms with Crippen molar-refractivity contribution in [1.29, 1.82) is 0 Å². The number of para-hydroxylation sites is 1. The van der Waals surface area contributed by atoms with Crippen LogP contribution in [0, 0.1) is 0 Å². The van der Waals surface area contributed by atoms with Gasteiger partial charge in [-0.2, -0.15) is 0 Å². The molecule has 14 heavy (non-hydrogen) atoms. The van der Waals surface area contributed by atoms with Gasteiger partial charge in [-0.3, -0.25) is 4.79 Å². The molecule has 0 aromatic heterocycles. The van der Waals surface area contributed by atoms with Crippen molar-refractivity contribution in [2.24, 2.45) is 5.73 Å². The highest BCUT2D eigenvalue weighted by Crippen LogP contribution is 2.32. The van der Waals surface area contributed by atoms with Crippen LogP contribution < -0.4 is 10.5 Å². The number of aromatic hydroxyl groups is 1. The summed E-state index contributed by atoms with van der Waals surface area (Å²) in [6.45, 7) is 0. The van der Waals surface area contributed by atoms with Crippen LogP contribution in [0.2, 0.25) is 0 Å². The number of nitrogens with two attached hydrogens (primary N) is 1. The first-order valence-electron chi connectivity index (χ1n) is 3.92. The van der Waals surface area contributed by atoms with Crippen molar-refractivity contribution in [3.05, 3.63) is 23.8 Å². The van der Waals surface area contributed by atoms with Gasteiger partial charge in [0.05, 0.1) is 7.11 Å². The zero-order valence-electron chi connectivity index (χ0n) is 7.60. The summed E-state index contributed by atoms with van der Waals surface area (Å²) in [6, 6.07) is 3.28. The fourth-order valence-electron chi connectivity index (χ4n) is 1.09. The number of benzene rings is 1. The number of phenols is 1. The number of carboxylic acids is 1. The maximum absolute atomic E-state index is 10.6. The van der Waals surface area contributed by atoms with Crippen LogP contribution in [-0.2, 0) is 4.79 Å². The van der Waals surface area contributed by atoms with E-state index in [9.17, 15) is 9.90 Å². The molecule has 1 rings (SSSR count). The molecule has 0 spiro atoms. The molecule has 0 fully saturated rings. The molecule has 1 aromatic rings. The van der Waals surface area contributed by atoms with E-state index in [-0.39, 0.29) is 17.1 Å². The second-order valence-corrected chi connectivity index (χ2v) is 2.71. The lowest BCUT2D eigenvalue weighted by molar-refractivity contribution is -0.138. The molecule has 76 valence electrons. The van der Waals surface area contributed by atoms with Crippen LogP contribution in [0.5, 0.6) is 11.5 Å². The van der Waals surface area contributed by atoms with E-state index in [1.807, 2.05) is 0 Å². The van der Waals surface area contributed by atoms with E-state index in [4.69, 9.17) is 15.6 Å². The lowest BCUT2D eigenvalue weighted by Gasteiger charge is -2.11. The number of hydrogen-bond acceptors (Lipinski definition) is 4. The van der Waals surface area contributed by atoms with Crippen molar-refractivity contribution in [1.82, 2.24) is 0 Å². The Morgan fingerprint density at radius 3 is 2.71 bits per heavy atom. The molecule has 4 N–H and O–H groups in total. The molecule has 0 saturated carbocycles. The van der Waals surface area contributed by atoms with Crippen LogP contribution >= 0.6 is 0 Å². The van der Waals surface area contributed by atoms with Crippen LogP contribution in [0.15, 0.2) is 18.2 Å². The van der Waals surface area contributed by atoms with Gasteiger partial charge in [0, 0.05) is 5.56 Å². The van der Waals surface area contributed by atoms with E-state index in [1.165, 1.54) is 19.2 Å². The van der Waals surface area contributed by atoms with Gasteiger partial charge in [0.2, 0.25) is 0 Å². The smallest absolute Gasteiger partial charge is 0.325 e. The summed E-state index contributed by atoms with van der Waals surface area (Å²) in [4.78, 5) is 10.6. The number of rotatable bonds is 3. The third kappa shape index (κ3) is 1.77. The van der Waals surface area contributed by atoms with Crippen molar-refractivity contribution < 1.29 is 19.7 Å². The van der Waals surface area contributed by atoms with Crippen LogP contribution in [-0.4, -0.2) is 23.3 Å². The molecule has 0 radical (unpaired) electrons. The molecule has 0 aliphatic heterocycles. The number of methoxy groups -OCH3 is 1. The van der Waals surface area contributed by atoms with Crippen LogP contribution in [0.1, 0.15) is 11.6 Å². The minimum atomic E-state index is -1.25. The fourth-order valence-corrected chi connectivity index (χ4v) is 1.09. The molecular formula is C9H11NO4. The molecule has 1 atom stereocenters. The highest BCUT2D eigenvalue weighted by molar-refractivity contribution is 5.76. The maximum Gasteiger partial charge on any atom is 0.325 e. The SMILES string of the molecule is COc1cccc([C@@H](N)C(=O)O)c1O. The number of ether oxygens (including phenoxy) is 1. The predicted molar refractivity (Wildman–Crippen MR) is 49.2 cm³/mol. The molecule has 0 saturated heterocycles. The van der Waals surface area contributed by atoms with Crippen molar-refractivity contribution in [2.45, 2.75) is 6.04 Å². The maximum atomic E-state index is 10.6. The molecule has 5 nitrogen and oxygen atoms in total. The zero-order chi connectivity index (χ0) is 10.7.